The van der Waals surface area contributed by atoms with E-state index in [1.807, 2.05) is 0 Å². The highest BCUT2D eigenvalue weighted by Crippen LogP contribution is 2.28. The molecule has 0 aliphatic carbocycles. The number of hydrogen-bond acceptors (Lipinski definition) is 10. The summed E-state index contributed by atoms with van der Waals surface area (Å²) in [5.41, 5.74) is 0. The van der Waals surface area contributed by atoms with Crippen LogP contribution < -0.4 is 5.32 Å². The Morgan fingerprint density at radius 2 is 1.46 bits per heavy atom. The van der Waals surface area contributed by atoms with Crippen LogP contribution in [0.2, 0.25) is 0 Å². The van der Waals surface area contributed by atoms with E-state index in [2.05, 4.69) is 5.32 Å². The molecule has 28 heavy (non-hydrogen) atoms. The van der Waals surface area contributed by atoms with Gasteiger partial charge in [-0.2, -0.15) is 0 Å². The van der Waals surface area contributed by atoms with Crippen molar-refractivity contribution >= 4 is 24.0 Å². The van der Waals surface area contributed by atoms with Gasteiger partial charge in [0.05, 0.1) is 6.61 Å². The molecular weight excluding hydrogens is 378 g/mol. The molecule has 5 atom stereocenters. The molecule has 1 saturated heterocycles. The first-order valence-electron chi connectivity index (χ1n) is 8.87. The molecule has 0 saturated carbocycles. The van der Waals surface area contributed by atoms with E-state index < -0.39 is 54.6 Å². The van der Waals surface area contributed by atoms with Crippen molar-refractivity contribution in [2.24, 2.45) is 0 Å². The number of carbonyl (C=O) groups excluding carboxylic acids is 4. The van der Waals surface area contributed by atoms with Crippen LogP contribution in [0, 0.1) is 0 Å². The van der Waals surface area contributed by atoms with Crippen LogP contribution in [0.25, 0.3) is 0 Å². The Bertz CT molecular complexity index is 566. The predicted molar refractivity (Wildman–Crippen MR) is 92.0 cm³/mol. The molecular formula is C17H27NO10. The molecule has 160 valence electrons. The summed E-state index contributed by atoms with van der Waals surface area (Å²) in [6.45, 7) is 6.90. The van der Waals surface area contributed by atoms with Crippen molar-refractivity contribution < 1.29 is 47.6 Å². The number of alkyl carbamates (subject to hydrolysis) is 1. The Morgan fingerprint density at radius 1 is 0.857 bits per heavy atom. The largest absolute Gasteiger partial charge is 0.463 e. The number of carbonyl (C=O) groups is 4. The second-order valence-corrected chi connectivity index (χ2v) is 5.84. The van der Waals surface area contributed by atoms with Gasteiger partial charge in [-0.1, -0.05) is 0 Å². The minimum absolute atomic E-state index is 0.111. The Morgan fingerprint density at radius 3 is 1.96 bits per heavy atom. The fourth-order valence-electron chi connectivity index (χ4n) is 2.67. The van der Waals surface area contributed by atoms with Crippen LogP contribution in [0.5, 0.6) is 0 Å². The maximum Gasteiger partial charge on any atom is 0.407 e. The van der Waals surface area contributed by atoms with E-state index in [4.69, 9.17) is 28.4 Å². The van der Waals surface area contributed by atoms with Gasteiger partial charge >= 0.3 is 24.0 Å². The third kappa shape index (κ3) is 7.31. The number of nitrogens with one attached hydrogen (secondary N) is 1. The summed E-state index contributed by atoms with van der Waals surface area (Å²) in [5.74, 6) is -1.93. The summed E-state index contributed by atoms with van der Waals surface area (Å²) in [4.78, 5) is 46.4. The minimum Gasteiger partial charge on any atom is -0.463 e. The average Bonchev–Trinajstić information content (AvgIpc) is 2.58. The monoisotopic (exact) mass is 405 g/mol. The molecule has 1 amide bonds. The maximum absolute atomic E-state index is 12.0. The lowest BCUT2D eigenvalue weighted by Crippen LogP contribution is -2.66. The van der Waals surface area contributed by atoms with E-state index in [1.54, 1.807) is 13.8 Å². The summed E-state index contributed by atoms with van der Waals surface area (Å²) in [6, 6.07) is -1.04. The van der Waals surface area contributed by atoms with Gasteiger partial charge in [0.2, 0.25) is 0 Å². The summed E-state index contributed by atoms with van der Waals surface area (Å²) < 4.78 is 31.7. The highest BCUT2D eigenvalue weighted by molar-refractivity contribution is 5.69. The molecule has 1 heterocycles. The van der Waals surface area contributed by atoms with Crippen molar-refractivity contribution in [2.45, 2.75) is 65.3 Å². The summed E-state index contributed by atoms with van der Waals surface area (Å²) >= 11 is 0. The van der Waals surface area contributed by atoms with Crippen molar-refractivity contribution in [1.82, 2.24) is 5.32 Å². The molecule has 1 aliphatic rings. The SMILES string of the molecule is CCOC(=O)N[C@@H]1[C@@H](OCC)O[C@@H](COC(C)=O)[C@H](OC(C)=O)[C@H]1OC(C)=O. The molecule has 1 fully saturated rings. The number of rotatable bonds is 8. The standard InChI is InChI=1S/C17H27NO10/c1-6-23-16-13(18-17(22)24-7-2)15(27-11(5)21)14(26-10(4)20)12(28-16)8-25-9(3)19/h12-16H,6-8H2,1-5H3,(H,18,22)/t12-,13-,14-,15-,16-/m0/s1. The molecule has 0 radical (unpaired) electrons. The van der Waals surface area contributed by atoms with Gasteiger partial charge in [-0.15, -0.1) is 0 Å². The fourth-order valence-corrected chi connectivity index (χ4v) is 2.67. The Kier molecular flexibility index (Phi) is 9.66. The van der Waals surface area contributed by atoms with Gasteiger partial charge in [-0.05, 0) is 13.8 Å². The normalized spacial score (nSPS) is 26.7. The lowest BCUT2D eigenvalue weighted by Gasteiger charge is -2.44. The van der Waals surface area contributed by atoms with E-state index >= 15 is 0 Å². The third-order valence-electron chi connectivity index (χ3n) is 3.59. The lowest BCUT2D eigenvalue weighted by atomic mass is 9.96. The zero-order valence-corrected chi connectivity index (χ0v) is 16.6. The summed E-state index contributed by atoms with van der Waals surface area (Å²) in [7, 11) is 0. The number of hydrogen-bond donors (Lipinski definition) is 1. The highest BCUT2D eigenvalue weighted by atomic mass is 16.7. The highest BCUT2D eigenvalue weighted by Gasteiger charge is 2.51. The third-order valence-corrected chi connectivity index (χ3v) is 3.59. The second-order valence-electron chi connectivity index (χ2n) is 5.84. The van der Waals surface area contributed by atoms with Crippen LogP contribution in [0.3, 0.4) is 0 Å². The fraction of sp³-hybridized carbons (Fsp3) is 0.765. The van der Waals surface area contributed by atoms with Crippen LogP contribution in [-0.4, -0.2) is 74.5 Å². The smallest absolute Gasteiger partial charge is 0.407 e. The molecule has 1 aliphatic heterocycles. The van der Waals surface area contributed by atoms with Crippen molar-refractivity contribution in [3.63, 3.8) is 0 Å². The molecule has 1 N–H and O–H groups in total. The Labute approximate surface area is 162 Å². The van der Waals surface area contributed by atoms with Crippen LogP contribution >= 0.6 is 0 Å². The van der Waals surface area contributed by atoms with E-state index in [-0.39, 0.29) is 19.8 Å². The molecule has 1 rings (SSSR count). The first-order valence-corrected chi connectivity index (χ1v) is 8.87. The average molecular weight is 405 g/mol. The number of amides is 1. The zero-order chi connectivity index (χ0) is 21.3. The van der Waals surface area contributed by atoms with Gasteiger partial charge in [0.25, 0.3) is 0 Å². The molecule has 0 spiro atoms. The first kappa shape index (κ1) is 23.6. The van der Waals surface area contributed by atoms with Crippen molar-refractivity contribution in [1.29, 1.82) is 0 Å². The number of ether oxygens (including phenoxy) is 6. The quantitative estimate of drug-likeness (QED) is 0.443. The van der Waals surface area contributed by atoms with Crippen molar-refractivity contribution in [2.75, 3.05) is 19.8 Å². The van der Waals surface area contributed by atoms with Crippen LogP contribution in [0.4, 0.5) is 4.79 Å². The van der Waals surface area contributed by atoms with Gasteiger partial charge in [0, 0.05) is 27.4 Å². The van der Waals surface area contributed by atoms with Crippen molar-refractivity contribution in [3.8, 4) is 0 Å². The Hall–Kier alpha value is -2.40. The molecule has 11 nitrogen and oxygen atoms in total. The van der Waals surface area contributed by atoms with E-state index in [0.29, 0.717) is 0 Å². The van der Waals surface area contributed by atoms with Crippen LogP contribution in [-0.2, 0) is 42.8 Å². The Balaban J connectivity index is 3.23. The van der Waals surface area contributed by atoms with Gasteiger partial charge in [-0.25, -0.2) is 4.79 Å². The van der Waals surface area contributed by atoms with E-state index in [1.165, 1.54) is 13.8 Å². The molecule has 0 aromatic carbocycles. The van der Waals surface area contributed by atoms with Gasteiger partial charge in [-0.3, -0.25) is 14.4 Å². The van der Waals surface area contributed by atoms with Crippen molar-refractivity contribution in [3.05, 3.63) is 0 Å². The van der Waals surface area contributed by atoms with Crippen LogP contribution in [0.1, 0.15) is 34.6 Å². The van der Waals surface area contributed by atoms with Crippen LogP contribution in [0.15, 0.2) is 0 Å². The summed E-state index contributed by atoms with van der Waals surface area (Å²) in [6.07, 6.45) is -5.20. The maximum atomic E-state index is 12.0. The number of esters is 3. The molecule has 0 aromatic heterocycles. The van der Waals surface area contributed by atoms with Gasteiger partial charge in [0.1, 0.15) is 18.8 Å². The van der Waals surface area contributed by atoms with E-state index in [0.717, 1.165) is 6.92 Å². The molecule has 0 aromatic rings. The van der Waals surface area contributed by atoms with E-state index in [9.17, 15) is 19.2 Å². The predicted octanol–water partition coefficient (Wildman–Crippen LogP) is 0.289. The molecule has 0 unspecified atom stereocenters. The zero-order valence-electron chi connectivity index (χ0n) is 16.6. The second kappa shape index (κ2) is 11.4. The lowest BCUT2D eigenvalue weighted by molar-refractivity contribution is -0.276. The summed E-state index contributed by atoms with van der Waals surface area (Å²) in [5, 5.41) is 2.51. The minimum atomic E-state index is -1.17. The topological polar surface area (TPSA) is 136 Å². The molecule has 11 heteroatoms. The van der Waals surface area contributed by atoms with Gasteiger partial charge in [0.15, 0.2) is 18.5 Å². The first-order chi connectivity index (χ1) is 13.2. The van der Waals surface area contributed by atoms with Gasteiger partial charge < -0.3 is 33.7 Å². The molecule has 0 bridgehead atoms.